The van der Waals surface area contributed by atoms with Crippen LogP contribution in [0.25, 0.3) is 0 Å². The van der Waals surface area contributed by atoms with Crippen molar-refractivity contribution in [3.05, 3.63) is 40.5 Å². The van der Waals surface area contributed by atoms with Crippen LogP contribution in [0.2, 0.25) is 5.02 Å². The highest BCUT2D eigenvalue weighted by Gasteiger charge is 2.30. The summed E-state index contributed by atoms with van der Waals surface area (Å²) in [5.41, 5.74) is 2.02. The maximum Gasteiger partial charge on any atom is 0.226 e. The van der Waals surface area contributed by atoms with E-state index in [2.05, 4.69) is 10.4 Å². The molecule has 0 radical (unpaired) electrons. The van der Waals surface area contributed by atoms with Gasteiger partial charge in [0.15, 0.2) is 0 Å². The minimum absolute atomic E-state index is 0.00599. The number of rotatable bonds is 4. The van der Waals surface area contributed by atoms with E-state index in [0.29, 0.717) is 17.2 Å². The number of aromatic nitrogens is 2. The molecule has 2 aromatic rings. The largest absolute Gasteiger partial charge is 0.489 e. The molecule has 128 valence electrons. The predicted molar refractivity (Wildman–Crippen MR) is 94.9 cm³/mol. The Balaban J connectivity index is 1.99. The van der Waals surface area contributed by atoms with Crippen LogP contribution in [0.1, 0.15) is 57.2 Å². The average molecular weight is 348 g/mol. The second-order valence-electron chi connectivity index (χ2n) is 6.65. The smallest absolute Gasteiger partial charge is 0.226 e. The molecule has 0 bridgehead atoms. The van der Waals surface area contributed by atoms with Gasteiger partial charge in [0.05, 0.1) is 17.3 Å². The monoisotopic (exact) mass is 347 g/mol. The van der Waals surface area contributed by atoms with Crippen LogP contribution < -0.4 is 10.1 Å². The van der Waals surface area contributed by atoms with Gasteiger partial charge in [-0.25, -0.2) is 4.68 Å². The molecule has 1 unspecified atom stereocenters. The number of nitrogens with one attached hydrogen (secondary N) is 1. The average Bonchev–Trinajstić information content (AvgIpc) is 2.91. The first-order valence-corrected chi connectivity index (χ1v) is 8.58. The third-order valence-electron chi connectivity index (χ3n) is 4.06. The van der Waals surface area contributed by atoms with E-state index in [1.165, 1.54) is 0 Å². The summed E-state index contributed by atoms with van der Waals surface area (Å²) in [5, 5.41) is 7.94. The highest BCUT2D eigenvalue weighted by atomic mass is 35.5. The molecule has 0 fully saturated rings. The standard InChI is InChI=1S/C18H22ClN3O2/c1-10(2)22-18-14(9-20-22)13(8-17(23)21-18)12-5-6-16(15(19)7-12)24-11(3)4/h5-7,9-11,13H,8H2,1-4H3,(H,21,23). The number of hydrogen-bond acceptors (Lipinski definition) is 3. The summed E-state index contributed by atoms with van der Waals surface area (Å²) in [6.07, 6.45) is 2.29. The Morgan fingerprint density at radius 2 is 2.08 bits per heavy atom. The van der Waals surface area contributed by atoms with Gasteiger partial charge >= 0.3 is 0 Å². The lowest BCUT2D eigenvalue weighted by Gasteiger charge is -2.25. The number of halogens is 1. The van der Waals surface area contributed by atoms with E-state index in [9.17, 15) is 4.79 Å². The molecule has 0 spiro atoms. The molecule has 1 atom stereocenters. The van der Waals surface area contributed by atoms with Gasteiger partial charge in [-0.1, -0.05) is 17.7 Å². The Bertz CT molecular complexity index is 768. The fourth-order valence-corrected chi connectivity index (χ4v) is 3.24. The normalized spacial score (nSPS) is 17.1. The number of amides is 1. The minimum Gasteiger partial charge on any atom is -0.489 e. The Labute approximate surface area is 147 Å². The molecule has 1 aromatic carbocycles. The number of carbonyl (C=O) groups excluding carboxylic acids is 1. The quantitative estimate of drug-likeness (QED) is 0.893. The first-order chi connectivity index (χ1) is 11.4. The number of fused-ring (bicyclic) bond motifs is 1. The zero-order chi connectivity index (χ0) is 17.4. The fourth-order valence-electron chi connectivity index (χ4n) is 3.01. The van der Waals surface area contributed by atoms with Gasteiger partial charge in [0.25, 0.3) is 0 Å². The van der Waals surface area contributed by atoms with Gasteiger partial charge in [-0.05, 0) is 45.4 Å². The van der Waals surface area contributed by atoms with E-state index < -0.39 is 0 Å². The Hall–Kier alpha value is -2.01. The van der Waals surface area contributed by atoms with Crippen LogP contribution in [0, 0.1) is 0 Å². The van der Waals surface area contributed by atoms with Crippen LogP contribution in [-0.2, 0) is 4.79 Å². The van der Waals surface area contributed by atoms with Gasteiger partial charge in [-0.15, -0.1) is 0 Å². The summed E-state index contributed by atoms with van der Waals surface area (Å²) in [4.78, 5) is 12.2. The lowest BCUT2D eigenvalue weighted by molar-refractivity contribution is -0.116. The van der Waals surface area contributed by atoms with Gasteiger partial charge in [0.2, 0.25) is 5.91 Å². The third-order valence-corrected chi connectivity index (χ3v) is 4.35. The van der Waals surface area contributed by atoms with Crippen LogP contribution in [0.3, 0.4) is 0 Å². The number of anilines is 1. The second-order valence-corrected chi connectivity index (χ2v) is 7.06. The van der Waals surface area contributed by atoms with Crippen LogP contribution in [-0.4, -0.2) is 21.8 Å². The van der Waals surface area contributed by atoms with Gasteiger partial charge in [0.1, 0.15) is 11.6 Å². The van der Waals surface area contributed by atoms with Crippen molar-refractivity contribution in [3.8, 4) is 5.75 Å². The van der Waals surface area contributed by atoms with Gasteiger partial charge < -0.3 is 10.1 Å². The molecule has 0 saturated heterocycles. The molecule has 5 nitrogen and oxygen atoms in total. The van der Waals surface area contributed by atoms with Crippen LogP contribution >= 0.6 is 11.6 Å². The molecular formula is C18H22ClN3O2. The van der Waals surface area contributed by atoms with Gasteiger partial charge in [-0.2, -0.15) is 5.10 Å². The van der Waals surface area contributed by atoms with E-state index >= 15 is 0 Å². The second kappa shape index (κ2) is 6.48. The van der Waals surface area contributed by atoms with E-state index in [1.54, 1.807) is 0 Å². The first kappa shape index (κ1) is 16.8. The zero-order valence-corrected chi connectivity index (χ0v) is 15.1. The summed E-state index contributed by atoms with van der Waals surface area (Å²) in [6.45, 7) is 8.00. The zero-order valence-electron chi connectivity index (χ0n) is 14.3. The van der Waals surface area contributed by atoms with E-state index in [1.807, 2.05) is 56.8 Å². The lowest BCUT2D eigenvalue weighted by Crippen LogP contribution is -2.25. The van der Waals surface area contributed by atoms with Crippen molar-refractivity contribution in [2.45, 2.75) is 52.2 Å². The molecule has 1 aromatic heterocycles. The molecule has 1 amide bonds. The number of benzene rings is 1. The van der Waals surface area contributed by atoms with E-state index in [4.69, 9.17) is 16.3 Å². The number of hydrogen-bond donors (Lipinski definition) is 1. The van der Waals surface area contributed by atoms with E-state index in [0.717, 1.165) is 16.9 Å². The molecule has 3 rings (SSSR count). The number of carbonyl (C=O) groups is 1. The molecule has 1 aliphatic heterocycles. The topological polar surface area (TPSA) is 56.1 Å². The molecule has 2 heterocycles. The van der Waals surface area contributed by atoms with Gasteiger partial charge in [0, 0.05) is 23.9 Å². The van der Waals surface area contributed by atoms with Crippen molar-refractivity contribution in [2.24, 2.45) is 0 Å². The molecule has 0 aliphatic carbocycles. The summed E-state index contributed by atoms with van der Waals surface area (Å²) in [7, 11) is 0. The Morgan fingerprint density at radius 1 is 1.33 bits per heavy atom. The first-order valence-electron chi connectivity index (χ1n) is 8.20. The van der Waals surface area contributed by atoms with E-state index in [-0.39, 0.29) is 24.0 Å². The minimum atomic E-state index is -0.0492. The molecule has 24 heavy (non-hydrogen) atoms. The van der Waals surface area contributed by atoms with Crippen molar-refractivity contribution in [3.63, 3.8) is 0 Å². The molecule has 0 saturated carbocycles. The van der Waals surface area contributed by atoms with Gasteiger partial charge in [-0.3, -0.25) is 4.79 Å². The molecular weight excluding hydrogens is 326 g/mol. The Kier molecular flexibility index (Phi) is 4.54. The van der Waals surface area contributed by atoms with Crippen LogP contribution in [0.5, 0.6) is 5.75 Å². The maximum absolute atomic E-state index is 12.2. The summed E-state index contributed by atoms with van der Waals surface area (Å²) < 4.78 is 7.53. The van der Waals surface area contributed by atoms with Crippen molar-refractivity contribution in [1.82, 2.24) is 9.78 Å². The van der Waals surface area contributed by atoms with Crippen LogP contribution in [0.4, 0.5) is 5.82 Å². The summed E-state index contributed by atoms with van der Waals surface area (Å²) in [5.74, 6) is 1.39. The lowest BCUT2D eigenvalue weighted by atomic mass is 9.87. The molecule has 6 heteroatoms. The highest BCUT2D eigenvalue weighted by molar-refractivity contribution is 6.32. The Morgan fingerprint density at radius 3 is 2.71 bits per heavy atom. The van der Waals surface area contributed by atoms with Crippen LogP contribution in [0.15, 0.2) is 24.4 Å². The van der Waals surface area contributed by atoms with Crippen molar-refractivity contribution < 1.29 is 9.53 Å². The SMILES string of the molecule is CC(C)Oc1ccc(C2CC(=O)Nc3c2cnn3C(C)C)cc1Cl. The third kappa shape index (κ3) is 3.13. The van der Waals surface area contributed by atoms with Crippen molar-refractivity contribution in [2.75, 3.05) is 5.32 Å². The summed E-state index contributed by atoms with van der Waals surface area (Å²) >= 11 is 6.37. The fraction of sp³-hybridized carbons (Fsp3) is 0.444. The number of nitrogens with zero attached hydrogens (tertiary/aromatic N) is 2. The summed E-state index contributed by atoms with van der Waals surface area (Å²) in [6, 6.07) is 5.91. The molecule has 1 N–H and O–H groups in total. The number of ether oxygens (including phenoxy) is 1. The molecule has 1 aliphatic rings. The highest BCUT2D eigenvalue weighted by Crippen LogP contribution is 2.40. The maximum atomic E-state index is 12.2. The van der Waals surface area contributed by atoms with Crippen molar-refractivity contribution in [1.29, 1.82) is 0 Å². The predicted octanol–water partition coefficient (Wildman–Crippen LogP) is 4.38. The van der Waals surface area contributed by atoms with Crippen molar-refractivity contribution >= 4 is 23.3 Å².